The fourth-order valence-electron chi connectivity index (χ4n) is 1.44. The lowest BCUT2D eigenvalue weighted by atomic mass is 10.1. The summed E-state index contributed by atoms with van der Waals surface area (Å²) in [5.74, 6) is 2.92. The fraction of sp³-hybridized carbons (Fsp3) is 0.867. The topological polar surface area (TPSA) is 29.4 Å². The molecule has 0 aromatic heterocycles. The molecule has 0 saturated heterocycles. The number of rotatable bonds is 13. The molecule has 0 aromatic carbocycles. The van der Waals surface area contributed by atoms with Crippen LogP contribution in [0.2, 0.25) is 0 Å². The number of isothiocyanates is 1. The van der Waals surface area contributed by atoms with E-state index in [0.717, 1.165) is 11.5 Å². The van der Waals surface area contributed by atoms with Crippen LogP contribution in [0.3, 0.4) is 0 Å². The van der Waals surface area contributed by atoms with Gasteiger partial charge in [0.05, 0.1) is 11.7 Å². The quantitative estimate of drug-likeness (QED) is 0.149. The van der Waals surface area contributed by atoms with E-state index in [2.05, 4.69) is 56.3 Å². The fourth-order valence-corrected chi connectivity index (χ4v) is 8.24. The molecule has 8 heteroatoms. The molecule has 0 amide bonds. The summed E-state index contributed by atoms with van der Waals surface area (Å²) in [6.45, 7) is 9.53. The van der Waals surface area contributed by atoms with Crippen LogP contribution in [-0.2, 0) is 4.79 Å². The predicted molar refractivity (Wildman–Crippen MR) is 120 cm³/mol. The Morgan fingerprint density at radius 3 is 2.30 bits per heavy atom. The molecule has 0 fully saturated rings. The van der Waals surface area contributed by atoms with E-state index in [1.165, 1.54) is 11.8 Å². The minimum Gasteiger partial charge on any atom is -0.287 e. The van der Waals surface area contributed by atoms with Crippen LogP contribution in [-0.4, -0.2) is 45.1 Å². The molecule has 2 nitrogen and oxygen atoms in total. The SMILES string of the molecule is CSS[C@@H](CSC(=O)CCSS[C@@H](CN=C=S)C(C)C)C(C)C. The van der Waals surface area contributed by atoms with Gasteiger partial charge in [-0.15, -0.1) is 0 Å². The Bertz CT molecular complexity index is 371. The first-order valence-electron chi connectivity index (χ1n) is 7.59. The van der Waals surface area contributed by atoms with Crippen LogP contribution in [0.5, 0.6) is 0 Å². The number of carbonyl (C=O) groups excluding carboxylic acids is 1. The van der Waals surface area contributed by atoms with Crippen molar-refractivity contribution in [3.63, 3.8) is 0 Å². The normalized spacial score (nSPS) is 13.9. The molecule has 2 atom stereocenters. The number of aliphatic imine (C=N–C) groups is 1. The summed E-state index contributed by atoms with van der Waals surface area (Å²) >= 11 is 6.12. The van der Waals surface area contributed by atoms with Crippen molar-refractivity contribution in [3.8, 4) is 0 Å². The van der Waals surface area contributed by atoms with Gasteiger partial charge in [0.1, 0.15) is 0 Å². The standard InChI is InChI=1S/C15H27NOS6/c1-11(2)13(8-16-10-18)23-21-7-6-15(17)20-9-14(12(3)4)22-19-5/h11-14H,6-9H2,1-5H3/t13-,14-/m0/s1. The third-order valence-corrected chi connectivity index (χ3v) is 9.99. The summed E-state index contributed by atoms with van der Waals surface area (Å²) in [6, 6.07) is 0. The smallest absolute Gasteiger partial charge is 0.189 e. The highest BCUT2D eigenvalue weighted by Crippen LogP contribution is 2.34. The second-order valence-electron chi connectivity index (χ2n) is 5.61. The molecular weight excluding hydrogens is 403 g/mol. The molecule has 0 aromatic rings. The second kappa shape index (κ2) is 15.5. The second-order valence-corrected chi connectivity index (χ2v) is 12.3. The Labute approximate surface area is 167 Å². The van der Waals surface area contributed by atoms with E-state index >= 15 is 0 Å². The highest BCUT2D eigenvalue weighted by molar-refractivity contribution is 8.77. The van der Waals surface area contributed by atoms with Crippen molar-refractivity contribution in [2.45, 2.75) is 44.6 Å². The van der Waals surface area contributed by atoms with Crippen LogP contribution in [0.4, 0.5) is 0 Å². The molecule has 0 aliphatic rings. The molecule has 0 heterocycles. The highest BCUT2D eigenvalue weighted by Gasteiger charge is 2.17. The molecule has 0 rings (SSSR count). The average Bonchev–Trinajstić information content (AvgIpc) is 2.49. The molecule has 0 saturated carbocycles. The zero-order chi connectivity index (χ0) is 17.7. The van der Waals surface area contributed by atoms with Crippen LogP contribution in [0, 0.1) is 11.8 Å². The lowest BCUT2D eigenvalue weighted by molar-refractivity contribution is -0.110. The van der Waals surface area contributed by atoms with E-state index in [9.17, 15) is 4.79 Å². The van der Waals surface area contributed by atoms with Crippen molar-refractivity contribution >= 4 is 77.4 Å². The Morgan fingerprint density at radius 1 is 1.13 bits per heavy atom. The lowest BCUT2D eigenvalue weighted by Gasteiger charge is -2.18. The van der Waals surface area contributed by atoms with Crippen molar-refractivity contribution in [1.82, 2.24) is 0 Å². The number of thiocarbonyl (C=S) groups is 1. The van der Waals surface area contributed by atoms with Gasteiger partial charge in [0.25, 0.3) is 0 Å². The minimum atomic E-state index is 0.309. The zero-order valence-corrected chi connectivity index (χ0v) is 19.3. The first-order chi connectivity index (χ1) is 10.9. The van der Waals surface area contributed by atoms with E-state index < -0.39 is 0 Å². The summed E-state index contributed by atoms with van der Waals surface area (Å²) < 4.78 is 0. The first-order valence-corrected chi connectivity index (χ1v) is 14.0. The summed E-state index contributed by atoms with van der Waals surface area (Å²) in [5, 5.41) is 3.71. The van der Waals surface area contributed by atoms with Gasteiger partial charge in [0.2, 0.25) is 0 Å². The van der Waals surface area contributed by atoms with E-state index in [0.29, 0.717) is 40.4 Å². The van der Waals surface area contributed by atoms with Gasteiger partial charge in [-0.1, -0.05) is 82.6 Å². The number of nitrogens with zero attached hydrogens (tertiary/aromatic N) is 1. The van der Waals surface area contributed by atoms with Crippen molar-refractivity contribution in [2.24, 2.45) is 16.8 Å². The van der Waals surface area contributed by atoms with Crippen LogP contribution < -0.4 is 0 Å². The summed E-state index contributed by atoms with van der Waals surface area (Å²) in [7, 11) is 7.25. The lowest BCUT2D eigenvalue weighted by Crippen LogP contribution is -2.15. The molecule has 0 spiro atoms. The van der Waals surface area contributed by atoms with Crippen molar-refractivity contribution in [3.05, 3.63) is 0 Å². The van der Waals surface area contributed by atoms with Gasteiger partial charge in [-0.3, -0.25) is 4.79 Å². The van der Waals surface area contributed by atoms with Crippen LogP contribution in [0.1, 0.15) is 34.1 Å². The van der Waals surface area contributed by atoms with E-state index in [-0.39, 0.29) is 0 Å². The Kier molecular flexibility index (Phi) is 16.3. The van der Waals surface area contributed by atoms with Crippen LogP contribution >= 0.6 is 67.2 Å². The van der Waals surface area contributed by atoms with Crippen LogP contribution in [0.25, 0.3) is 0 Å². The summed E-state index contributed by atoms with van der Waals surface area (Å²) in [6.07, 6.45) is 2.73. The highest BCUT2D eigenvalue weighted by atomic mass is 33.1. The zero-order valence-electron chi connectivity index (χ0n) is 14.4. The maximum Gasteiger partial charge on any atom is 0.189 e. The number of hydrogen-bond acceptors (Lipinski definition) is 8. The molecule has 0 radical (unpaired) electrons. The third-order valence-electron chi connectivity index (χ3n) is 3.03. The Balaban J connectivity index is 3.94. The number of carbonyl (C=O) groups is 1. The number of thioether (sulfide) groups is 1. The average molecular weight is 430 g/mol. The van der Waals surface area contributed by atoms with E-state index in [1.54, 1.807) is 21.6 Å². The van der Waals surface area contributed by atoms with Crippen molar-refractivity contribution in [1.29, 1.82) is 0 Å². The van der Waals surface area contributed by atoms with Crippen LogP contribution in [0.15, 0.2) is 4.99 Å². The third kappa shape index (κ3) is 13.1. The predicted octanol–water partition coefficient (Wildman–Crippen LogP) is 6.18. The van der Waals surface area contributed by atoms with Crippen molar-refractivity contribution < 1.29 is 4.79 Å². The molecule has 23 heavy (non-hydrogen) atoms. The molecule has 134 valence electrons. The molecular formula is C15H27NOS6. The van der Waals surface area contributed by atoms with Crippen molar-refractivity contribution in [2.75, 3.05) is 24.3 Å². The Morgan fingerprint density at radius 2 is 1.78 bits per heavy atom. The molecule has 0 aliphatic heterocycles. The van der Waals surface area contributed by atoms with E-state index in [4.69, 9.17) is 0 Å². The van der Waals surface area contributed by atoms with Gasteiger partial charge >= 0.3 is 0 Å². The van der Waals surface area contributed by atoms with Gasteiger partial charge in [0, 0.05) is 28.4 Å². The minimum absolute atomic E-state index is 0.309. The monoisotopic (exact) mass is 429 g/mol. The van der Waals surface area contributed by atoms with E-state index in [1.807, 2.05) is 21.6 Å². The molecule has 0 unspecified atom stereocenters. The number of hydrogen-bond donors (Lipinski definition) is 0. The Hall–Kier alpha value is 1.22. The first kappa shape index (κ1) is 24.2. The van der Waals surface area contributed by atoms with Gasteiger partial charge in [-0.2, -0.15) is 0 Å². The van der Waals surface area contributed by atoms with Gasteiger partial charge in [-0.25, -0.2) is 4.99 Å². The van der Waals surface area contributed by atoms with Gasteiger partial charge in [-0.05, 0) is 30.3 Å². The molecule has 0 bridgehead atoms. The molecule has 0 aliphatic carbocycles. The van der Waals surface area contributed by atoms with Gasteiger partial charge < -0.3 is 0 Å². The maximum atomic E-state index is 12.0. The maximum absolute atomic E-state index is 12.0. The van der Waals surface area contributed by atoms with Gasteiger partial charge in [0.15, 0.2) is 5.12 Å². The largest absolute Gasteiger partial charge is 0.287 e. The summed E-state index contributed by atoms with van der Waals surface area (Å²) in [5.41, 5.74) is 0. The molecule has 0 N–H and O–H groups in total. The summed E-state index contributed by atoms with van der Waals surface area (Å²) in [4.78, 5) is 16.1.